The van der Waals surface area contributed by atoms with E-state index in [0.29, 0.717) is 13.0 Å². The smallest absolute Gasteiger partial charge is 0.318 e. The first kappa shape index (κ1) is 16.1. The molecule has 0 radical (unpaired) electrons. The number of anilines is 1. The van der Waals surface area contributed by atoms with E-state index in [-0.39, 0.29) is 11.7 Å². The van der Waals surface area contributed by atoms with Gasteiger partial charge in [-0.3, -0.25) is 4.79 Å². The Morgan fingerprint density at radius 3 is 2.75 bits per heavy atom. The van der Waals surface area contributed by atoms with Crippen molar-refractivity contribution in [1.82, 2.24) is 5.32 Å². The molecule has 0 spiro atoms. The molecule has 0 aliphatic carbocycles. The first-order chi connectivity index (χ1) is 9.32. The molecule has 6 heteroatoms. The molecule has 0 saturated carbocycles. The molecular weight excluding hydrogens is 269 g/mol. The lowest BCUT2D eigenvalue weighted by Gasteiger charge is -2.12. The molecule has 1 amide bonds. The van der Waals surface area contributed by atoms with Gasteiger partial charge in [0, 0.05) is 24.7 Å². The molecule has 3 nitrogen and oxygen atoms in total. The zero-order chi connectivity index (χ0) is 15.2. The van der Waals surface area contributed by atoms with Crippen LogP contribution in [0.25, 0.3) is 0 Å². The summed E-state index contributed by atoms with van der Waals surface area (Å²) in [5, 5.41) is 4.94. The molecule has 1 rings (SSSR count). The van der Waals surface area contributed by atoms with E-state index in [1.54, 1.807) is 12.1 Å². The first-order valence-electron chi connectivity index (χ1n) is 5.97. The number of halogens is 3. The van der Waals surface area contributed by atoms with Crippen LogP contribution in [-0.4, -0.2) is 18.1 Å². The fraction of sp³-hybridized carbons (Fsp3) is 0.357. The van der Waals surface area contributed by atoms with E-state index in [0.717, 1.165) is 5.56 Å². The summed E-state index contributed by atoms with van der Waals surface area (Å²) in [5.41, 5.74) is 0.866. The molecule has 0 bridgehead atoms. The summed E-state index contributed by atoms with van der Waals surface area (Å²) >= 11 is 0. The van der Waals surface area contributed by atoms with Gasteiger partial charge in [0.2, 0.25) is 0 Å². The largest absolute Gasteiger partial charge is 0.471 e. The fourth-order valence-electron chi connectivity index (χ4n) is 1.50. The van der Waals surface area contributed by atoms with Gasteiger partial charge < -0.3 is 10.6 Å². The van der Waals surface area contributed by atoms with Crippen LogP contribution in [0.4, 0.5) is 18.9 Å². The molecule has 20 heavy (non-hydrogen) atoms. The highest BCUT2D eigenvalue weighted by atomic mass is 19.4. The lowest BCUT2D eigenvalue weighted by molar-refractivity contribution is -0.167. The van der Waals surface area contributed by atoms with E-state index in [2.05, 4.69) is 11.2 Å². The molecule has 0 saturated heterocycles. The number of rotatable bonds is 5. The number of alkyl halides is 3. The molecule has 0 aliphatic heterocycles. The average Bonchev–Trinajstić information content (AvgIpc) is 2.36. The van der Waals surface area contributed by atoms with Crippen LogP contribution >= 0.6 is 0 Å². The lowest BCUT2D eigenvalue weighted by Crippen LogP contribution is -2.30. The molecule has 1 aromatic carbocycles. The number of benzene rings is 1. The second-order valence-electron chi connectivity index (χ2n) is 4.34. The van der Waals surface area contributed by atoms with Gasteiger partial charge >= 0.3 is 12.1 Å². The molecule has 1 aromatic rings. The molecule has 0 aliphatic rings. The van der Waals surface area contributed by atoms with Crippen LogP contribution in [0.15, 0.2) is 24.3 Å². The van der Waals surface area contributed by atoms with Crippen molar-refractivity contribution in [3.05, 3.63) is 29.8 Å². The van der Waals surface area contributed by atoms with Crippen LogP contribution in [0.1, 0.15) is 18.9 Å². The minimum absolute atomic E-state index is 0.105. The van der Waals surface area contributed by atoms with E-state index in [1.165, 1.54) is 12.1 Å². The maximum Gasteiger partial charge on any atom is 0.471 e. The third kappa shape index (κ3) is 5.33. The van der Waals surface area contributed by atoms with E-state index in [9.17, 15) is 18.0 Å². The van der Waals surface area contributed by atoms with Crippen molar-refractivity contribution in [3.63, 3.8) is 0 Å². The van der Waals surface area contributed by atoms with Gasteiger partial charge in [-0.2, -0.15) is 13.2 Å². The van der Waals surface area contributed by atoms with Gasteiger partial charge in [-0.25, -0.2) is 0 Å². The summed E-state index contributed by atoms with van der Waals surface area (Å²) in [6.07, 6.45) is 0.841. The summed E-state index contributed by atoms with van der Waals surface area (Å²) in [4.78, 5) is 10.8. The van der Waals surface area contributed by atoms with E-state index in [4.69, 9.17) is 6.42 Å². The lowest BCUT2D eigenvalue weighted by atomic mass is 10.1. The zero-order valence-electron chi connectivity index (χ0n) is 10.9. The van der Waals surface area contributed by atoms with Gasteiger partial charge in [-0.1, -0.05) is 12.1 Å². The Labute approximate surface area is 115 Å². The summed E-state index contributed by atoms with van der Waals surface area (Å²) < 4.78 is 36.4. The number of nitrogens with one attached hydrogen (secondary N) is 2. The predicted octanol–water partition coefficient (Wildman–Crippen LogP) is 2.69. The molecule has 0 fully saturated rings. The van der Waals surface area contributed by atoms with Crippen LogP contribution in [0.2, 0.25) is 0 Å². The van der Waals surface area contributed by atoms with Gasteiger partial charge in [0.15, 0.2) is 0 Å². The number of amides is 1. The van der Waals surface area contributed by atoms with E-state index < -0.39 is 12.1 Å². The highest BCUT2D eigenvalue weighted by Gasteiger charge is 2.38. The van der Waals surface area contributed by atoms with Gasteiger partial charge in [-0.05, 0) is 24.6 Å². The van der Waals surface area contributed by atoms with Crippen molar-refractivity contribution in [2.75, 3.05) is 5.32 Å². The molecule has 1 atom stereocenters. The number of carbonyl (C=O) groups is 1. The molecule has 0 heterocycles. The topological polar surface area (TPSA) is 41.1 Å². The van der Waals surface area contributed by atoms with Gasteiger partial charge in [0.05, 0.1) is 0 Å². The number of terminal acetylenes is 1. The number of carbonyl (C=O) groups excluding carboxylic acids is 1. The highest BCUT2D eigenvalue weighted by molar-refractivity contribution is 5.94. The number of hydrogen-bond acceptors (Lipinski definition) is 2. The Balaban J connectivity index is 2.63. The van der Waals surface area contributed by atoms with Crippen LogP contribution in [0, 0.1) is 12.3 Å². The highest BCUT2D eigenvalue weighted by Crippen LogP contribution is 2.18. The van der Waals surface area contributed by atoms with Crippen molar-refractivity contribution in [2.24, 2.45) is 0 Å². The summed E-state index contributed by atoms with van der Waals surface area (Å²) in [5.74, 6) is 0.530. The summed E-state index contributed by atoms with van der Waals surface area (Å²) in [7, 11) is 0. The van der Waals surface area contributed by atoms with Crippen molar-refractivity contribution in [3.8, 4) is 12.3 Å². The third-order valence-corrected chi connectivity index (χ3v) is 2.52. The Bertz CT molecular complexity index is 506. The Morgan fingerprint density at radius 2 is 2.15 bits per heavy atom. The normalized spacial score (nSPS) is 12.6. The summed E-state index contributed by atoms with van der Waals surface area (Å²) in [6.45, 7) is 2.37. The van der Waals surface area contributed by atoms with Crippen LogP contribution in [-0.2, 0) is 11.3 Å². The molecule has 1 unspecified atom stereocenters. The van der Waals surface area contributed by atoms with E-state index >= 15 is 0 Å². The first-order valence-corrected chi connectivity index (χ1v) is 5.97. The minimum atomic E-state index is -4.89. The van der Waals surface area contributed by atoms with Crippen molar-refractivity contribution in [1.29, 1.82) is 0 Å². The molecule has 0 aromatic heterocycles. The molecule has 2 N–H and O–H groups in total. The SMILES string of the molecule is C#CCC(C)NCc1cccc(NC(=O)C(F)(F)F)c1. The Morgan fingerprint density at radius 1 is 1.45 bits per heavy atom. The number of hydrogen-bond donors (Lipinski definition) is 2. The summed E-state index contributed by atoms with van der Waals surface area (Å²) in [6, 6.07) is 6.32. The fourth-order valence-corrected chi connectivity index (χ4v) is 1.50. The zero-order valence-corrected chi connectivity index (χ0v) is 10.9. The van der Waals surface area contributed by atoms with Crippen molar-refractivity contribution >= 4 is 11.6 Å². The van der Waals surface area contributed by atoms with Crippen LogP contribution in [0.3, 0.4) is 0 Å². The second kappa shape index (κ2) is 6.96. The minimum Gasteiger partial charge on any atom is -0.318 e. The molecular formula is C14H15F3N2O. The Hall–Kier alpha value is -2.00. The van der Waals surface area contributed by atoms with Crippen molar-refractivity contribution in [2.45, 2.75) is 32.1 Å². The monoisotopic (exact) mass is 284 g/mol. The van der Waals surface area contributed by atoms with Gasteiger partial charge in [0.25, 0.3) is 0 Å². The average molecular weight is 284 g/mol. The maximum absolute atomic E-state index is 12.1. The second-order valence-corrected chi connectivity index (χ2v) is 4.34. The van der Waals surface area contributed by atoms with E-state index in [1.807, 2.05) is 12.2 Å². The van der Waals surface area contributed by atoms with Crippen LogP contribution < -0.4 is 10.6 Å². The quantitative estimate of drug-likeness (QED) is 0.816. The third-order valence-electron chi connectivity index (χ3n) is 2.52. The van der Waals surface area contributed by atoms with Gasteiger partial charge in [0.1, 0.15) is 0 Å². The predicted molar refractivity (Wildman–Crippen MR) is 70.9 cm³/mol. The molecule has 108 valence electrons. The maximum atomic E-state index is 12.1. The standard InChI is InChI=1S/C14H15F3N2O/c1-3-5-10(2)18-9-11-6-4-7-12(8-11)19-13(20)14(15,16)17/h1,4,6-8,10,18H,5,9H2,2H3,(H,19,20). The van der Waals surface area contributed by atoms with Crippen molar-refractivity contribution < 1.29 is 18.0 Å². The van der Waals surface area contributed by atoms with Crippen LogP contribution in [0.5, 0.6) is 0 Å². The Kier molecular flexibility index (Phi) is 5.59. The van der Waals surface area contributed by atoms with Gasteiger partial charge in [-0.15, -0.1) is 12.3 Å².